The van der Waals surface area contributed by atoms with Gasteiger partial charge in [-0.05, 0) is 23.8 Å². The van der Waals surface area contributed by atoms with Crippen molar-refractivity contribution in [3.8, 4) is 0 Å². The predicted molar refractivity (Wildman–Crippen MR) is 78.8 cm³/mol. The van der Waals surface area contributed by atoms with Gasteiger partial charge in [-0.1, -0.05) is 33.8 Å². The lowest BCUT2D eigenvalue weighted by Gasteiger charge is -2.18. The van der Waals surface area contributed by atoms with Crippen LogP contribution in [0.2, 0.25) is 0 Å². The molecule has 0 bridgehead atoms. The van der Waals surface area contributed by atoms with Gasteiger partial charge in [0.15, 0.2) is 5.78 Å². The molecule has 1 rings (SSSR count). The van der Waals surface area contributed by atoms with Gasteiger partial charge in [0.05, 0.1) is 6.04 Å². The summed E-state index contributed by atoms with van der Waals surface area (Å²) in [6.07, 6.45) is 5.36. The van der Waals surface area contributed by atoms with E-state index in [1.165, 1.54) is 0 Å². The molecule has 0 aliphatic carbocycles. The molecule has 19 heavy (non-hydrogen) atoms. The van der Waals surface area contributed by atoms with Gasteiger partial charge in [-0.15, -0.1) is 0 Å². The van der Waals surface area contributed by atoms with Crippen molar-refractivity contribution >= 4 is 5.78 Å². The van der Waals surface area contributed by atoms with E-state index in [1.54, 1.807) is 6.08 Å². The van der Waals surface area contributed by atoms with Gasteiger partial charge < -0.3 is 4.85 Å². The lowest BCUT2D eigenvalue weighted by atomic mass is 9.90. The molecule has 0 saturated carbocycles. The Labute approximate surface area is 117 Å². The Bertz CT molecular complexity index is 373. The maximum absolute atomic E-state index is 11.8. The monoisotopic (exact) mass is 262 g/mol. The zero-order valence-electron chi connectivity index (χ0n) is 12.6. The molecule has 1 aliphatic heterocycles. The summed E-state index contributed by atoms with van der Waals surface area (Å²) in [4.78, 5) is 17.6. The van der Waals surface area contributed by atoms with Gasteiger partial charge in [0, 0.05) is 19.5 Å². The first-order valence-electron chi connectivity index (χ1n) is 7.08. The molecule has 2 unspecified atom stereocenters. The van der Waals surface area contributed by atoms with E-state index in [9.17, 15) is 4.79 Å². The van der Waals surface area contributed by atoms with Crippen LogP contribution in [0.5, 0.6) is 0 Å². The van der Waals surface area contributed by atoms with Crippen molar-refractivity contribution in [2.45, 2.75) is 46.6 Å². The van der Waals surface area contributed by atoms with Crippen LogP contribution < -0.4 is 0 Å². The van der Waals surface area contributed by atoms with Crippen LogP contribution in [0, 0.1) is 17.9 Å². The van der Waals surface area contributed by atoms with Gasteiger partial charge >= 0.3 is 0 Å². The molecular formula is C16H26N2O. The topological polar surface area (TPSA) is 24.7 Å². The van der Waals surface area contributed by atoms with Crippen LogP contribution in [-0.2, 0) is 4.79 Å². The molecule has 1 fully saturated rings. The van der Waals surface area contributed by atoms with Crippen molar-refractivity contribution in [3.63, 3.8) is 0 Å². The van der Waals surface area contributed by atoms with Crippen molar-refractivity contribution in [2.24, 2.45) is 11.3 Å². The second-order valence-corrected chi connectivity index (χ2v) is 6.90. The van der Waals surface area contributed by atoms with Crippen LogP contribution in [0.15, 0.2) is 12.2 Å². The lowest BCUT2D eigenvalue weighted by molar-refractivity contribution is -0.116. The van der Waals surface area contributed by atoms with Crippen LogP contribution in [0.1, 0.15) is 40.5 Å². The summed E-state index contributed by atoms with van der Waals surface area (Å²) in [6, 6.07) is 0.370. The molecule has 3 nitrogen and oxygen atoms in total. The van der Waals surface area contributed by atoms with E-state index in [0.717, 1.165) is 19.5 Å². The van der Waals surface area contributed by atoms with Crippen molar-refractivity contribution in [2.75, 3.05) is 19.6 Å². The predicted octanol–water partition coefficient (Wildman–Crippen LogP) is 3.18. The number of ketones is 1. The fourth-order valence-electron chi connectivity index (χ4n) is 2.66. The number of carbonyl (C=O) groups is 1. The van der Waals surface area contributed by atoms with Crippen LogP contribution >= 0.6 is 0 Å². The third-order valence-corrected chi connectivity index (χ3v) is 3.39. The normalized spacial score (nSPS) is 24.8. The maximum atomic E-state index is 11.8. The maximum Gasteiger partial charge on any atom is 0.230 e. The Morgan fingerprint density at radius 2 is 2.16 bits per heavy atom. The van der Waals surface area contributed by atoms with Crippen molar-refractivity contribution in [1.82, 2.24) is 4.90 Å². The van der Waals surface area contributed by atoms with Crippen molar-refractivity contribution in [3.05, 3.63) is 23.6 Å². The lowest BCUT2D eigenvalue weighted by Crippen LogP contribution is -2.31. The number of nitrogens with zero attached hydrogens (tertiary/aromatic N) is 2. The molecule has 2 atom stereocenters. The van der Waals surface area contributed by atoms with E-state index in [4.69, 9.17) is 6.57 Å². The molecule has 0 aromatic carbocycles. The Morgan fingerprint density at radius 3 is 2.74 bits per heavy atom. The molecule has 1 saturated heterocycles. The van der Waals surface area contributed by atoms with Crippen LogP contribution in [0.4, 0.5) is 0 Å². The van der Waals surface area contributed by atoms with Crippen molar-refractivity contribution < 1.29 is 4.79 Å². The highest BCUT2D eigenvalue weighted by atomic mass is 16.1. The highest BCUT2D eigenvalue weighted by Gasteiger charge is 2.30. The van der Waals surface area contributed by atoms with Crippen LogP contribution in [0.25, 0.3) is 4.85 Å². The minimum Gasteiger partial charge on any atom is -0.315 e. The second-order valence-electron chi connectivity index (χ2n) is 6.90. The average Bonchev–Trinajstić information content (AvgIpc) is 2.57. The zero-order chi connectivity index (χ0) is 14.5. The van der Waals surface area contributed by atoms with Gasteiger partial charge in [-0.3, -0.25) is 9.69 Å². The summed E-state index contributed by atoms with van der Waals surface area (Å²) in [5.74, 6) is 0.854. The molecule has 0 N–H and O–H groups in total. The standard InChI is InChI=1S/C16H26N2O/c1-13-9-14(11-17-5)18(12-13)8-6-7-15(19)10-16(2,3)4/h6-7,13-14H,8-12H2,1-4H3/b7-6+. The summed E-state index contributed by atoms with van der Waals surface area (Å²) < 4.78 is 0. The first-order valence-corrected chi connectivity index (χ1v) is 7.08. The van der Waals surface area contributed by atoms with E-state index in [0.29, 0.717) is 24.9 Å². The third-order valence-electron chi connectivity index (χ3n) is 3.39. The molecule has 3 heteroatoms. The van der Waals surface area contributed by atoms with Gasteiger partial charge in [-0.2, -0.15) is 0 Å². The first kappa shape index (κ1) is 15.9. The minimum absolute atomic E-state index is 0.0518. The van der Waals surface area contributed by atoms with Gasteiger partial charge in [0.2, 0.25) is 6.54 Å². The van der Waals surface area contributed by atoms with E-state index in [1.807, 2.05) is 6.08 Å². The smallest absolute Gasteiger partial charge is 0.230 e. The summed E-state index contributed by atoms with van der Waals surface area (Å²) in [6.45, 7) is 17.9. The second kappa shape index (κ2) is 6.86. The number of hydrogen-bond acceptors (Lipinski definition) is 2. The fraction of sp³-hybridized carbons (Fsp3) is 0.750. The number of allylic oxidation sites excluding steroid dienone is 1. The first-order chi connectivity index (χ1) is 8.81. The van der Waals surface area contributed by atoms with Gasteiger partial charge in [-0.25, -0.2) is 6.57 Å². The summed E-state index contributed by atoms with van der Waals surface area (Å²) in [5, 5.41) is 0. The van der Waals surface area contributed by atoms with Gasteiger partial charge in [0.1, 0.15) is 0 Å². The third kappa shape index (κ3) is 6.02. The van der Waals surface area contributed by atoms with E-state index >= 15 is 0 Å². The summed E-state index contributed by atoms with van der Waals surface area (Å²) in [5.41, 5.74) is 0.0518. The highest BCUT2D eigenvalue weighted by Crippen LogP contribution is 2.23. The molecular weight excluding hydrogens is 236 g/mol. The Morgan fingerprint density at radius 1 is 1.47 bits per heavy atom. The number of rotatable bonds is 5. The summed E-state index contributed by atoms with van der Waals surface area (Å²) >= 11 is 0. The van der Waals surface area contributed by atoms with Crippen LogP contribution in [-0.4, -0.2) is 36.4 Å². The SMILES string of the molecule is [C-]#[N+]CC1CC(C)CN1C/C=C/C(=O)CC(C)(C)C. The summed E-state index contributed by atoms with van der Waals surface area (Å²) in [7, 11) is 0. The zero-order valence-corrected chi connectivity index (χ0v) is 12.6. The fourth-order valence-corrected chi connectivity index (χ4v) is 2.66. The largest absolute Gasteiger partial charge is 0.315 e. The minimum atomic E-state index is 0.0518. The molecule has 1 heterocycles. The average molecular weight is 262 g/mol. The van der Waals surface area contributed by atoms with Gasteiger partial charge in [0.25, 0.3) is 0 Å². The van der Waals surface area contributed by atoms with Crippen molar-refractivity contribution in [1.29, 1.82) is 0 Å². The molecule has 1 aliphatic rings. The quantitative estimate of drug-likeness (QED) is 0.561. The van der Waals surface area contributed by atoms with Crippen LogP contribution in [0.3, 0.4) is 0 Å². The molecule has 0 amide bonds. The Kier molecular flexibility index (Phi) is 5.75. The molecule has 106 valence electrons. The Balaban J connectivity index is 2.43. The number of likely N-dealkylation sites (tertiary alicyclic amines) is 1. The molecule has 0 radical (unpaired) electrons. The van der Waals surface area contributed by atoms with E-state index in [-0.39, 0.29) is 11.2 Å². The van der Waals surface area contributed by atoms with E-state index in [2.05, 4.69) is 37.4 Å². The molecule has 0 aromatic rings. The molecule has 0 aromatic heterocycles. The van der Waals surface area contributed by atoms with E-state index < -0.39 is 0 Å². The Hall–Kier alpha value is -1.14. The number of hydrogen-bond donors (Lipinski definition) is 0. The molecule has 0 spiro atoms. The highest BCUT2D eigenvalue weighted by molar-refractivity contribution is 5.90. The number of carbonyl (C=O) groups excluding carboxylic acids is 1.